The van der Waals surface area contributed by atoms with Crippen LogP contribution in [0.1, 0.15) is 31.0 Å². The van der Waals surface area contributed by atoms with Gasteiger partial charge in [-0.1, -0.05) is 13.0 Å². The molecule has 0 aliphatic rings. The molecule has 0 saturated heterocycles. The van der Waals surface area contributed by atoms with Crippen molar-refractivity contribution in [2.24, 2.45) is 11.7 Å². The zero-order valence-electron chi connectivity index (χ0n) is 11.3. The van der Waals surface area contributed by atoms with Gasteiger partial charge in [-0.05, 0) is 43.0 Å². The van der Waals surface area contributed by atoms with E-state index in [1.54, 1.807) is 6.07 Å². The molecule has 0 aliphatic heterocycles. The molecule has 1 rings (SSSR count). The topological polar surface area (TPSA) is 58.3 Å². The van der Waals surface area contributed by atoms with Crippen LogP contribution in [0.25, 0.3) is 0 Å². The van der Waals surface area contributed by atoms with Gasteiger partial charge >= 0.3 is 0 Å². The number of rotatable bonds is 6. The Morgan fingerprint density at radius 3 is 2.61 bits per heavy atom. The fourth-order valence-electron chi connectivity index (χ4n) is 1.91. The lowest BCUT2D eigenvalue weighted by Crippen LogP contribution is -2.40. The summed E-state index contributed by atoms with van der Waals surface area (Å²) in [5, 5.41) is 12.5. The zero-order chi connectivity index (χ0) is 13.7. The highest BCUT2D eigenvalue weighted by Crippen LogP contribution is 2.19. The van der Waals surface area contributed by atoms with Crippen LogP contribution in [-0.2, 0) is 0 Å². The Bertz CT molecular complexity index is 384. The molecule has 4 heteroatoms. The molecule has 3 nitrogen and oxygen atoms in total. The molecule has 0 aromatic heterocycles. The van der Waals surface area contributed by atoms with E-state index in [0.717, 1.165) is 11.1 Å². The van der Waals surface area contributed by atoms with E-state index in [-0.39, 0.29) is 30.4 Å². The monoisotopic (exact) mass is 254 g/mol. The molecule has 0 heterocycles. The van der Waals surface area contributed by atoms with Crippen LogP contribution in [0.15, 0.2) is 18.2 Å². The van der Waals surface area contributed by atoms with E-state index in [0.29, 0.717) is 6.54 Å². The van der Waals surface area contributed by atoms with Gasteiger partial charge in [-0.15, -0.1) is 0 Å². The van der Waals surface area contributed by atoms with E-state index < -0.39 is 0 Å². The summed E-state index contributed by atoms with van der Waals surface area (Å²) in [6, 6.07) is 4.76. The van der Waals surface area contributed by atoms with E-state index in [1.165, 1.54) is 12.1 Å². The van der Waals surface area contributed by atoms with Crippen LogP contribution in [0.4, 0.5) is 4.39 Å². The van der Waals surface area contributed by atoms with Gasteiger partial charge in [0.1, 0.15) is 5.82 Å². The van der Waals surface area contributed by atoms with Crippen molar-refractivity contribution in [1.29, 1.82) is 0 Å². The van der Waals surface area contributed by atoms with E-state index in [9.17, 15) is 4.39 Å². The molecule has 0 bridgehead atoms. The normalized spacial score (nSPS) is 16.3. The van der Waals surface area contributed by atoms with Crippen LogP contribution in [0.3, 0.4) is 0 Å². The van der Waals surface area contributed by atoms with Crippen molar-refractivity contribution in [2.75, 3.05) is 13.2 Å². The summed E-state index contributed by atoms with van der Waals surface area (Å²) in [6.45, 7) is 6.42. The third-order valence-corrected chi connectivity index (χ3v) is 3.46. The molecule has 3 unspecified atom stereocenters. The summed E-state index contributed by atoms with van der Waals surface area (Å²) in [4.78, 5) is 0. The van der Waals surface area contributed by atoms with E-state index in [1.807, 2.05) is 20.8 Å². The first-order valence-corrected chi connectivity index (χ1v) is 6.32. The van der Waals surface area contributed by atoms with Gasteiger partial charge in [0.2, 0.25) is 0 Å². The van der Waals surface area contributed by atoms with Crippen molar-refractivity contribution < 1.29 is 9.50 Å². The minimum absolute atomic E-state index is 0.0929. The van der Waals surface area contributed by atoms with Gasteiger partial charge in [-0.3, -0.25) is 0 Å². The summed E-state index contributed by atoms with van der Waals surface area (Å²) < 4.78 is 13.3. The molecular formula is C14H23FN2O. The second kappa shape index (κ2) is 6.83. The molecule has 1 aromatic carbocycles. The Morgan fingerprint density at radius 2 is 2.06 bits per heavy atom. The molecule has 102 valence electrons. The van der Waals surface area contributed by atoms with E-state index in [2.05, 4.69) is 5.32 Å². The number of nitrogens with one attached hydrogen (secondary N) is 1. The van der Waals surface area contributed by atoms with Crippen molar-refractivity contribution in [3.8, 4) is 0 Å². The molecule has 1 aromatic rings. The minimum atomic E-state index is -0.251. The maximum absolute atomic E-state index is 13.3. The molecule has 0 radical (unpaired) electrons. The van der Waals surface area contributed by atoms with Crippen LogP contribution >= 0.6 is 0 Å². The average Bonchev–Trinajstić information content (AvgIpc) is 2.37. The van der Waals surface area contributed by atoms with Crippen LogP contribution < -0.4 is 11.1 Å². The third-order valence-electron chi connectivity index (χ3n) is 3.46. The lowest BCUT2D eigenvalue weighted by Gasteiger charge is -2.27. The third kappa shape index (κ3) is 3.77. The molecular weight excluding hydrogens is 231 g/mol. The number of aryl methyl sites for hydroxylation is 1. The molecule has 0 saturated carbocycles. The Labute approximate surface area is 108 Å². The summed E-state index contributed by atoms with van der Waals surface area (Å²) in [7, 11) is 0. The summed E-state index contributed by atoms with van der Waals surface area (Å²) in [5.74, 6) is -0.119. The van der Waals surface area contributed by atoms with Gasteiger partial charge in [-0.25, -0.2) is 4.39 Å². The number of nitrogens with two attached hydrogens (primary N) is 1. The summed E-state index contributed by atoms with van der Waals surface area (Å²) in [6.07, 6.45) is 0. The van der Waals surface area contributed by atoms with Gasteiger partial charge in [0.15, 0.2) is 0 Å². The second-order valence-electron chi connectivity index (χ2n) is 4.90. The summed E-state index contributed by atoms with van der Waals surface area (Å²) >= 11 is 0. The van der Waals surface area contributed by atoms with Crippen molar-refractivity contribution in [1.82, 2.24) is 5.32 Å². The Hall–Kier alpha value is -0.970. The first-order chi connectivity index (χ1) is 8.49. The van der Waals surface area contributed by atoms with Crippen LogP contribution in [-0.4, -0.2) is 24.3 Å². The second-order valence-corrected chi connectivity index (χ2v) is 4.90. The van der Waals surface area contributed by atoms with Crippen LogP contribution in [0, 0.1) is 18.7 Å². The standard InChI is InChI=1S/C14H23FN2O/c1-9-4-5-12(15)6-13(9)14(7-16)17-11(3)10(2)8-18/h4-6,10-11,14,17-18H,7-8,16H2,1-3H3. The van der Waals surface area contributed by atoms with Gasteiger partial charge in [0.25, 0.3) is 0 Å². The smallest absolute Gasteiger partial charge is 0.123 e. The highest BCUT2D eigenvalue weighted by molar-refractivity contribution is 5.30. The van der Waals surface area contributed by atoms with Gasteiger partial charge in [0, 0.05) is 25.2 Å². The molecule has 0 amide bonds. The van der Waals surface area contributed by atoms with E-state index >= 15 is 0 Å². The van der Waals surface area contributed by atoms with E-state index in [4.69, 9.17) is 10.8 Å². The van der Waals surface area contributed by atoms with Gasteiger partial charge < -0.3 is 16.2 Å². The van der Waals surface area contributed by atoms with Gasteiger partial charge in [-0.2, -0.15) is 0 Å². The highest BCUT2D eigenvalue weighted by Gasteiger charge is 2.18. The number of aliphatic hydroxyl groups is 1. The lowest BCUT2D eigenvalue weighted by molar-refractivity contribution is 0.201. The first kappa shape index (κ1) is 15.1. The number of aliphatic hydroxyl groups excluding tert-OH is 1. The van der Waals surface area contributed by atoms with Crippen LogP contribution in [0.2, 0.25) is 0 Å². The maximum Gasteiger partial charge on any atom is 0.123 e. The molecule has 18 heavy (non-hydrogen) atoms. The van der Waals surface area contributed by atoms with Crippen molar-refractivity contribution in [3.63, 3.8) is 0 Å². The number of benzene rings is 1. The lowest BCUT2D eigenvalue weighted by atomic mass is 9.98. The maximum atomic E-state index is 13.3. The molecule has 0 spiro atoms. The quantitative estimate of drug-likeness (QED) is 0.725. The number of hydrogen-bond acceptors (Lipinski definition) is 3. The van der Waals surface area contributed by atoms with Crippen molar-refractivity contribution >= 4 is 0 Å². The Morgan fingerprint density at radius 1 is 1.39 bits per heavy atom. The molecule has 3 atom stereocenters. The average molecular weight is 254 g/mol. The fourth-order valence-corrected chi connectivity index (χ4v) is 1.91. The molecule has 0 aliphatic carbocycles. The van der Waals surface area contributed by atoms with Crippen LogP contribution in [0.5, 0.6) is 0 Å². The highest BCUT2D eigenvalue weighted by atomic mass is 19.1. The van der Waals surface area contributed by atoms with Gasteiger partial charge in [0.05, 0.1) is 0 Å². The van der Waals surface area contributed by atoms with Crippen molar-refractivity contribution in [2.45, 2.75) is 32.9 Å². The first-order valence-electron chi connectivity index (χ1n) is 6.32. The predicted octanol–water partition coefficient (Wildman–Crippen LogP) is 1.74. The number of hydrogen-bond donors (Lipinski definition) is 3. The minimum Gasteiger partial charge on any atom is -0.396 e. The Kier molecular flexibility index (Phi) is 5.72. The summed E-state index contributed by atoms with van der Waals surface area (Å²) in [5.41, 5.74) is 7.67. The molecule has 0 fully saturated rings. The number of halogens is 1. The SMILES string of the molecule is Cc1ccc(F)cc1C(CN)NC(C)C(C)CO. The predicted molar refractivity (Wildman–Crippen MR) is 71.8 cm³/mol. The largest absolute Gasteiger partial charge is 0.396 e. The van der Waals surface area contributed by atoms with Crippen molar-refractivity contribution in [3.05, 3.63) is 35.1 Å². The zero-order valence-corrected chi connectivity index (χ0v) is 11.3. The molecule has 4 N–H and O–H groups in total. The Balaban J connectivity index is 2.86. The fraction of sp³-hybridized carbons (Fsp3) is 0.571.